The summed E-state index contributed by atoms with van der Waals surface area (Å²) in [7, 11) is 1.82. The maximum Gasteiger partial charge on any atom is 0.193 e. The van der Waals surface area contributed by atoms with Crippen LogP contribution in [0.2, 0.25) is 0 Å². The summed E-state index contributed by atoms with van der Waals surface area (Å²) < 4.78 is 5.58. The van der Waals surface area contributed by atoms with Crippen molar-refractivity contribution in [3.63, 3.8) is 0 Å². The van der Waals surface area contributed by atoms with Crippen LogP contribution in [-0.4, -0.2) is 44.2 Å². The van der Waals surface area contributed by atoms with Crippen LogP contribution in [-0.2, 0) is 11.3 Å². The molecule has 1 aromatic rings. The van der Waals surface area contributed by atoms with Crippen molar-refractivity contribution in [3.8, 4) is 6.07 Å². The summed E-state index contributed by atoms with van der Waals surface area (Å²) in [6.07, 6.45) is 2.34. The molecule has 1 unspecified atom stereocenters. The van der Waals surface area contributed by atoms with E-state index < -0.39 is 0 Å². The highest BCUT2D eigenvalue weighted by atomic mass is 16.5. The summed E-state index contributed by atoms with van der Waals surface area (Å²) in [5.41, 5.74) is 2.12. The lowest BCUT2D eigenvalue weighted by atomic mass is 9.87. The second kappa shape index (κ2) is 6.37. The average molecular weight is 298 g/mol. The number of hydrogen-bond donors (Lipinski definition) is 1. The van der Waals surface area contributed by atoms with Crippen molar-refractivity contribution < 1.29 is 4.74 Å². The van der Waals surface area contributed by atoms with Gasteiger partial charge in [-0.15, -0.1) is 0 Å². The van der Waals surface area contributed by atoms with Gasteiger partial charge in [0.1, 0.15) is 0 Å². The van der Waals surface area contributed by atoms with Gasteiger partial charge in [0.2, 0.25) is 0 Å². The van der Waals surface area contributed by atoms with Crippen LogP contribution in [0.25, 0.3) is 0 Å². The highest BCUT2D eigenvalue weighted by Crippen LogP contribution is 2.38. The summed E-state index contributed by atoms with van der Waals surface area (Å²) in [6, 6.07) is 9.85. The fraction of sp³-hybridized carbons (Fsp3) is 0.529. The second-order valence-electron chi connectivity index (χ2n) is 6.19. The molecule has 2 fully saturated rings. The van der Waals surface area contributed by atoms with E-state index in [2.05, 4.69) is 21.3 Å². The summed E-state index contributed by atoms with van der Waals surface area (Å²) in [6.45, 7) is 4.50. The Kier molecular flexibility index (Phi) is 4.30. The molecular formula is C17H22N4O. The Morgan fingerprint density at radius 1 is 1.50 bits per heavy atom. The van der Waals surface area contributed by atoms with Crippen molar-refractivity contribution in [3.05, 3.63) is 35.4 Å². The van der Waals surface area contributed by atoms with Gasteiger partial charge >= 0.3 is 0 Å². The van der Waals surface area contributed by atoms with Crippen LogP contribution in [0.4, 0.5) is 0 Å². The highest BCUT2D eigenvalue weighted by molar-refractivity contribution is 5.80. The van der Waals surface area contributed by atoms with Gasteiger partial charge in [0, 0.05) is 38.7 Å². The van der Waals surface area contributed by atoms with Gasteiger partial charge in [0.15, 0.2) is 5.96 Å². The van der Waals surface area contributed by atoms with E-state index in [1.807, 2.05) is 31.3 Å². The molecule has 2 aliphatic heterocycles. The summed E-state index contributed by atoms with van der Waals surface area (Å²) >= 11 is 0. The number of nitrogens with one attached hydrogen (secondary N) is 1. The van der Waals surface area contributed by atoms with Gasteiger partial charge in [-0.2, -0.15) is 5.26 Å². The first-order valence-corrected chi connectivity index (χ1v) is 7.77. The highest BCUT2D eigenvalue weighted by Gasteiger charge is 2.42. The van der Waals surface area contributed by atoms with E-state index in [0.29, 0.717) is 17.5 Å². The molecule has 2 saturated heterocycles. The SMILES string of the molecule is CN=C(NCc1cccc(C#N)c1)N1CCC2(CCOC2)C1. The fourth-order valence-corrected chi connectivity index (χ4v) is 3.35. The van der Waals surface area contributed by atoms with Crippen LogP contribution in [0.15, 0.2) is 29.3 Å². The number of nitriles is 1. The van der Waals surface area contributed by atoms with Crippen molar-refractivity contribution in [2.45, 2.75) is 19.4 Å². The molecule has 5 nitrogen and oxygen atoms in total. The number of likely N-dealkylation sites (tertiary alicyclic amines) is 1. The lowest BCUT2D eigenvalue weighted by Crippen LogP contribution is -2.41. The minimum atomic E-state index is 0.332. The normalized spacial score (nSPS) is 24.7. The van der Waals surface area contributed by atoms with Gasteiger partial charge in [0.05, 0.1) is 18.2 Å². The quantitative estimate of drug-likeness (QED) is 0.667. The molecule has 0 aromatic heterocycles. The molecule has 0 saturated carbocycles. The molecule has 1 atom stereocenters. The molecule has 2 heterocycles. The Morgan fingerprint density at radius 3 is 3.14 bits per heavy atom. The van der Waals surface area contributed by atoms with Crippen LogP contribution in [0, 0.1) is 16.7 Å². The number of nitrogens with zero attached hydrogens (tertiary/aromatic N) is 3. The van der Waals surface area contributed by atoms with Crippen molar-refractivity contribution >= 4 is 5.96 Å². The zero-order valence-electron chi connectivity index (χ0n) is 13.0. The maximum absolute atomic E-state index is 8.96. The number of hydrogen-bond acceptors (Lipinski definition) is 3. The molecule has 22 heavy (non-hydrogen) atoms. The van der Waals surface area contributed by atoms with Crippen LogP contribution in [0.5, 0.6) is 0 Å². The summed E-state index contributed by atoms with van der Waals surface area (Å²) in [5, 5.41) is 12.4. The molecule has 1 N–H and O–H groups in total. The van der Waals surface area contributed by atoms with Gasteiger partial charge in [-0.05, 0) is 30.5 Å². The van der Waals surface area contributed by atoms with Gasteiger partial charge in [-0.25, -0.2) is 0 Å². The first-order chi connectivity index (χ1) is 10.7. The first kappa shape index (κ1) is 14.9. The van der Waals surface area contributed by atoms with Crippen molar-refractivity contribution in [1.29, 1.82) is 5.26 Å². The zero-order chi connectivity index (χ0) is 15.4. The third-order valence-corrected chi connectivity index (χ3v) is 4.64. The monoisotopic (exact) mass is 298 g/mol. The minimum Gasteiger partial charge on any atom is -0.381 e. The van der Waals surface area contributed by atoms with Gasteiger partial charge in [-0.1, -0.05) is 12.1 Å². The Morgan fingerprint density at radius 2 is 2.41 bits per heavy atom. The third kappa shape index (κ3) is 3.07. The smallest absolute Gasteiger partial charge is 0.193 e. The summed E-state index contributed by atoms with van der Waals surface area (Å²) in [4.78, 5) is 6.73. The molecule has 1 spiro atoms. The number of rotatable bonds is 2. The molecule has 2 aliphatic rings. The molecule has 0 bridgehead atoms. The van der Waals surface area contributed by atoms with Gasteiger partial charge in [-0.3, -0.25) is 4.99 Å². The van der Waals surface area contributed by atoms with Crippen LogP contribution >= 0.6 is 0 Å². The lowest BCUT2D eigenvalue weighted by molar-refractivity contribution is 0.156. The molecule has 0 aliphatic carbocycles. The molecule has 5 heteroatoms. The maximum atomic E-state index is 8.96. The van der Waals surface area contributed by atoms with E-state index >= 15 is 0 Å². The number of aliphatic imine (C=N–C) groups is 1. The molecule has 1 aromatic carbocycles. The van der Waals surface area contributed by atoms with Crippen LogP contribution in [0.1, 0.15) is 24.0 Å². The van der Waals surface area contributed by atoms with E-state index in [1.165, 1.54) is 6.42 Å². The van der Waals surface area contributed by atoms with Crippen LogP contribution in [0.3, 0.4) is 0 Å². The van der Waals surface area contributed by atoms with E-state index in [-0.39, 0.29) is 0 Å². The Balaban J connectivity index is 1.60. The number of ether oxygens (including phenoxy) is 1. The minimum absolute atomic E-state index is 0.332. The topological polar surface area (TPSA) is 60.7 Å². The van der Waals surface area contributed by atoms with Gasteiger partial charge < -0.3 is 15.0 Å². The molecule has 116 valence electrons. The number of benzene rings is 1. The molecule has 0 amide bonds. The second-order valence-corrected chi connectivity index (χ2v) is 6.19. The lowest BCUT2D eigenvalue weighted by Gasteiger charge is -2.25. The number of guanidine groups is 1. The largest absolute Gasteiger partial charge is 0.381 e. The Hall–Kier alpha value is -2.06. The summed E-state index contributed by atoms with van der Waals surface area (Å²) in [5.74, 6) is 0.936. The molecular weight excluding hydrogens is 276 g/mol. The van der Waals surface area contributed by atoms with E-state index in [1.54, 1.807) is 0 Å². The molecule has 3 rings (SSSR count). The van der Waals surface area contributed by atoms with E-state index in [4.69, 9.17) is 10.00 Å². The Labute approximate surface area is 131 Å². The first-order valence-electron chi connectivity index (χ1n) is 7.77. The fourth-order valence-electron chi connectivity index (χ4n) is 3.35. The molecule has 0 radical (unpaired) electrons. The Bertz CT molecular complexity index is 599. The van der Waals surface area contributed by atoms with Crippen molar-refractivity contribution in [2.24, 2.45) is 10.4 Å². The van der Waals surface area contributed by atoms with Gasteiger partial charge in [0.25, 0.3) is 0 Å². The van der Waals surface area contributed by atoms with E-state index in [9.17, 15) is 0 Å². The van der Waals surface area contributed by atoms with Crippen LogP contribution < -0.4 is 5.32 Å². The predicted molar refractivity (Wildman–Crippen MR) is 85.4 cm³/mol. The predicted octanol–water partition coefficient (Wildman–Crippen LogP) is 1.75. The standard InChI is InChI=1S/C17H22N4O/c1-19-16(20-11-15-4-2-3-14(9-15)10-18)21-7-5-17(12-21)6-8-22-13-17/h2-4,9H,5-8,11-13H2,1H3,(H,19,20). The average Bonchev–Trinajstić information content (AvgIpc) is 3.19. The van der Waals surface area contributed by atoms with Crippen molar-refractivity contribution in [2.75, 3.05) is 33.4 Å². The van der Waals surface area contributed by atoms with Crippen molar-refractivity contribution in [1.82, 2.24) is 10.2 Å². The third-order valence-electron chi connectivity index (χ3n) is 4.64. The zero-order valence-corrected chi connectivity index (χ0v) is 13.0. The van der Waals surface area contributed by atoms with E-state index in [0.717, 1.165) is 44.2 Å².